The lowest BCUT2D eigenvalue weighted by Crippen LogP contribution is -2.31. The number of carbonyl (C=O) groups is 6. The highest BCUT2D eigenvalue weighted by Gasteiger charge is 2.38. The zero-order chi connectivity index (χ0) is 55.2. The molecule has 0 unspecified atom stereocenters. The summed E-state index contributed by atoms with van der Waals surface area (Å²) < 4.78 is 36.5. The number of carbonyl (C=O) groups excluding carboxylic acids is 6. The number of hydrogen-bond donors (Lipinski definition) is 3. The maximum atomic E-state index is 12.6. The zero-order valence-corrected chi connectivity index (χ0v) is 45.5. The first kappa shape index (κ1) is 57.9. The van der Waals surface area contributed by atoms with E-state index in [-0.39, 0.29) is 48.4 Å². The number of esters is 3. The highest BCUT2D eigenvalue weighted by atomic mass is 35.5. The number of ether oxygens (including phenoxy) is 7. The van der Waals surface area contributed by atoms with Crippen molar-refractivity contribution in [1.29, 1.82) is 0 Å². The van der Waals surface area contributed by atoms with Crippen LogP contribution in [0.4, 0.5) is 20.1 Å². The number of hydrogen-bond acceptors (Lipinski definition) is 18. The second-order valence-electron chi connectivity index (χ2n) is 18.9. The van der Waals surface area contributed by atoms with Crippen LogP contribution in [0.3, 0.4) is 0 Å². The van der Waals surface area contributed by atoms with Gasteiger partial charge in [0.05, 0.1) is 47.5 Å². The highest BCUT2D eigenvalue weighted by molar-refractivity contribution is 7.99. The van der Waals surface area contributed by atoms with Gasteiger partial charge in [-0.15, -0.1) is 24.9 Å². The average Bonchev–Trinajstić information content (AvgIpc) is 4.33. The van der Waals surface area contributed by atoms with Gasteiger partial charge in [-0.05, 0) is 52.1 Å². The maximum absolute atomic E-state index is 12.6. The van der Waals surface area contributed by atoms with Crippen LogP contribution in [0.1, 0.15) is 52.6 Å². The third-order valence-electron chi connectivity index (χ3n) is 13.8. The molecule has 6 atom stereocenters. The molecule has 3 fully saturated rings. The largest absolute Gasteiger partial charge is 0.489 e. The quantitative estimate of drug-likeness (QED) is 0.0664. The van der Waals surface area contributed by atoms with Crippen LogP contribution in [-0.4, -0.2) is 154 Å². The first-order valence-corrected chi connectivity index (χ1v) is 26.7. The number of anilines is 1. The molecule has 9 rings (SSSR count). The molecule has 20 nitrogen and oxygen atoms in total. The maximum Gasteiger partial charge on any atom is 0.410 e. The summed E-state index contributed by atoms with van der Waals surface area (Å²) in [7, 11) is 6.05. The molecular weight excluding hydrogens is 1030 g/mol. The van der Waals surface area contributed by atoms with E-state index in [0.717, 1.165) is 45.8 Å². The molecule has 3 N–H and O–H groups in total. The second-order valence-corrected chi connectivity index (χ2v) is 20.4. The molecule has 3 aromatic carbocycles. The number of methoxy groups -OCH3 is 3. The first-order valence-electron chi connectivity index (χ1n) is 25.3. The predicted molar refractivity (Wildman–Crippen MR) is 288 cm³/mol. The Morgan fingerprint density at radius 2 is 1.08 bits per heavy atom. The summed E-state index contributed by atoms with van der Waals surface area (Å²) >= 11 is 7.99. The number of nitrogens with zero attached hydrogens (tertiary/aromatic N) is 4. The number of benzene rings is 3. The van der Waals surface area contributed by atoms with E-state index >= 15 is 0 Å². The van der Waals surface area contributed by atoms with Crippen molar-refractivity contribution in [3.8, 4) is 5.75 Å². The molecule has 3 amide bonds. The highest BCUT2D eigenvalue weighted by Crippen LogP contribution is 2.37. The molecule has 0 aromatic heterocycles. The number of amides is 3. The van der Waals surface area contributed by atoms with Gasteiger partial charge in [0.1, 0.15) is 48.8 Å². The lowest BCUT2D eigenvalue weighted by Gasteiger charge is -2.21. The Morgan fingerprint density at radius 3 is 1.57 bits per heavy atom. The van der Waals surface area contributed by atoms with Gasteiger partial charge in [-0.2, -0.15) is 0 Å². The van der Waals surface area contributed by atoms with Crippen LogP contribution < -0.4 is 25.6 Å². The summed E-state index contributed by atoms with van der Waals surface area (Å²) in [6.45, 7) is 16.5. The Bertz CT molecular complexity index is 2680. The lowest BCUT2D eigenvalue weighted by molar-refractivity contribution is -0.143. The summed E-state index contributed by atoms with van der Waals surface area (Å²) in [4.78, 5) is 80.4. The smallest absolute Gasteiger partial charge is 0.410 e. The SMILES string of the molecule is C=CCN(C)c1cccc2c1CN(C(=O)O[C@H]1CN[C@H](C(=O)OC)C1)C2.C=CCOc1ccc(Cl)c2c1CN(C(=O)O[C@H]1CN[C@H](C(=O)OC)C1)C2.C=CCSc1cccc2c1CN(C(=O)O[C@H]1CN[C@H](C(=O)OC)C1)C2. The molecular formula is C55H68ClN7O13S. The van der Waals surface area contributed by atoms with Crippen LogP contribution in [-0.2, 0) is 82.1 Å². The van der Waals surface area contributed by atoms with Crippen LogP contribution in [0.15, 0.2) is 91.4 Å². The van der Waals surface area contributed by atoms with Gasteiger partial charge in [0.2, 0.25) is 0 Å². The third-order valence-corrected chi connectivity index (χ3v) is 15.2. The fourth-order valence-electron chi connectivity index (χ4n) is 9.82. The van der Waals surface area contributed by atoms with Gasteiger partial charge >= 0.3 is 36.2 Å². The molecule has 3 aromatic rings. The van der Waals surface area contributed by atoms with Crippen molar-refractivity contribution in [2.24, 2.45) is 0 Å². The zero-order valence-electron chi connectivity index (χ0n) is 43.9. The normalized spacial score (nSPS) is 21.4. The van der Waals surface area contributed by atoms with Gasteiger partial charge in [-0.1, -0.05) is 60.7 Å². The minimum atomic E-state index is -0.443. The van der Waals surface area contributed by atoms with Crippen LogP contribution >= 0.6 is 23.4 Å². The van der Waals surface area contributed by atoms with Crippen molar-refractivity contribution in [1.82, 2.24) is 30.7 Å². The van der Waals surface area contributed by atoms with E-state index in [4.69, 9.17) is 44.8 Å². The fourth-order valence-corrected chi connectivity index (χ4v) is 10.9. The molecule has 22 heteroatoms. The summed E-state index contributed by atoms with van der Waals surface area (Å²) in [5.41, 5.74) is 7.46. The van der Waals surface area contributed by atoms with Crippen LogP contribution in [0, 0.1) is 0 Å². The number of thioether (sulfide) groups is 1. The van der Waals surface area contributed by atoms with Crippen LogP contribution in [0.2, 0.25) is 5.02 Å². The average molecular weight is 1100 g/mol. The molecule has 0 saturated carbocycles. The molecule has 77 heavy (non-hydrogen) atoms. The van der Waals surface area contributed by atoms with Gasteiger partial charge in [-0.3, -0.25) is 29.1 Å². The van der Waals surface area contributed by atoms with E-state index < -0.39 is 24.2 Å². The van der Waals surface area contributed by atoms with E-state index in [1.54, 1.807) is 44.7 Å². The third kappa shape index (κ3) is 14.6. The predicted octanol–water partition coefficient (Wildman–Crippen LogP) is 6.25. The minimum Gasteiger partial charge on any atom is -0.489 e. The van der Waals surface area contributed by atoms with Crippen molar-refractivity contribution < 1.29 is 61.9 Å². The summed E-state index contributed by atoms with van der Waals surface area (Å²) in [6, 6.07) is 14.5. The van der Waals surface area contributed by atoms with Gasteiger partial charge in [-0.25, -0.2) is 14.4 Å². The molecule has 0 radical (unpaired) electrons. The monoisotopic (exact) mass is 1100 g/mol. The standard InChI is InChI=1S/C19H25N3O4.C18H21ClN2O5.C18H22N2O4S/c1-4-8-21(2)17-7-5-6-13-11-22(12-15(13)17)19(24)26-14-9-16(20-10-14)18(23)25-3;1-3-6-25-16-5-4-14(19)12-9-21(10-13(12)16)18(23)26-11-7-15(20-8-11)17(22)24-2;1-3-7-25-16-6-4-5-12-10-20(11-14(12)16)18(22)24-13-8-15(19-9-13)17(21)23-2/h4-7,14,16,20H,1,8-12H2,2-3H3;3-5,11,15,20H,1,6-10H2,2H3;3-6,13,15,19H,1,7-11H2,2H3/t14-,16+;11-,15+;13-,15+/m111/s1. The lowest BCUT2D eigenvalue weighted by atomic mass is 10.1. The van der Waals surface area contributed by atoms with E-state index in [1.807, 2.05) is 43.5 Å². The van der Waals surface area contributed by atoms with Crippen molar-refractivity contribution in [2.75, 3.05) is 71.8 Å². The Kier molecular flexibility index (Phi) is 20.7. The number of fused-ring (bicyclic) bond motifs is 3. The van der Waals surface area contributed by atoms with E-state index in [2.05, 4.69) is 52.7 Å². The topological polar surface area (TPSA) is 216 Å². The molecule has 0 spiro atoms. The van der Waals surface area contributed by atoms with E-state index in [9.17, 15) is 28.8 Å². The molecule has 6 heterocycles. The number of nitrogens with one attached hydrogen (secondary N) is 3. The van der Waals surface area contributed by atoms with Crippen molar-refractivity contribution in [2.45, 2.75) is 99.9 Å². The molecule has 414 valence electrons. The van der Waals surface area contributed by atoms with Crippen molar-refractivity contribution >= 4 is 65.2 Å². The Labute approximate surface area is 458 Å². The first-order chi connectivity index (χ1) is 37.2. The second kappa shape index (κ2) is 27.5. The Morgan fingerprint density at radius 1 is 0.610 bits per heavy atom. The van der Waals surface area contributed by atoms with Gasteiger partial charge in [0.15, 0.2) is 0 Å². The van der Waals surface area contributed by atoms with E-state index in [0.29, 0.717) is 95.5 Å². The summed E-state index contributed by atoms with van der Waals surface area (Å²) in [5.74, 6) is 0.521. The summed E-state index contributed by atoms with van der Waals surface area (Å²) in [5, 5.41) is 9.63. The minimum absolute atomic E-state index is 0.310. The fraction of sp³-hybridized carbons (Fsp3) is 0.455. The molecule has 0 aliphatic carbocycles. The molecule has 3 saturated heterocycles. The van der Waals surface area contributed by atoms with Gasteiger partial charge < -0.3 is 54.0 Å². The van der Waals surface area contributed by atoms with Crippen molar-refractivity contribution in [3.63, 3.8) is 0 Å². The number of likely N-dealkylation sites (N-methyl/N-ethyl adjacent to an activating group) is 1. The number of rotatable bonds is 15. The van der Waals surface area contributed by atoms with Crippen LogP contribution in [0.5, 0.6) is 5.75 Å². The van der Waals surface area contributed by atoms with E-state index in [1.165, 1.54) is 31.8 Å². The Balaban J connectivity index is 0.000000168. The molecule has 6 aliphatic heterocycles. The van der Waals surface area contributed by atoms with Gasteiger partial charge in [0.25, 0.3) is 0 Å². The Hall–Kier alpha value is -6.78. The number of halogens is 1. The summed E-state index contributed by atoms with van der Waals surface area (Å²) in [6.07, 6.45) is 4.52. The van der Waals surface area contributed by atoms with Crippen LogP contribution in [0.25, 0.3) is 0 Å². The molecule has 6 aliphatic rings. The van der Waals surface area contributed by atoms with Gasteiger partial charge in [0, 0.05) is 92.5 Å². The molecule has 0 bridgehead atoms. The van der Waals surface area contributed by atoms with Crippen molar-refractivity contribution in [3.05, 3.63) is 125 Å².